The Morgan fingerprint density at radius 1 is 1.10 bits per heavy atom. The number of hydrogen-bond donors (Lipinski definition) is 1. The van der Waals surface area contributed by atoms with Crippen LogP contribution in [0.5, 0.6) is 11.5 Å². The number of rotatable bonds is 7. The Kier molecular flexibility index (Phi) is 5.07. The molecule has 1 heterocycles. The van der Waals surface area contributed by atoms with Crippen molar-refractivity contribution in [1.82, 2.24) is 5.32 Å². The maximum absolute atomic E-state index is 5.58. The van der Waals surface area contributed by atoms with Crippen LogP contribution in [-0.4, -0.2) is 20.8 Å². The van der Waals surface area contributed by atoms with Crippen LogP contribution in [0.3, 0.4) is 0 Å². The summed E-state index contributed by atoms with van der Waals surface area (Å²) in [5, 5.41) is 3.35. The Balaban J connectivity index is 2.34. The molecule has 0 aliphatic rings. The van der Waals surface area contributed by atoms with Gasteiger partial charge in [-0.1, -0.05) is 19.1 Å². The summed E-state index contributed by atoms with van der Waals surface area (Å²) in [7, 11) is 3.29. The molecule has 4 nitrogen and oxygen atoms in total. The summed E-state index contributed by atoms with van der Waals surface area (Å²) in [5.41, 5.74) is 2.01. The van der Waals surface area contributed by atoms with Crippen LogP contribution in [0.1, 0.15) is 19.1 Å². The van der Waals surface area contributed by atoms with E-state index in [-0.39, 0.29) is 0 Å². The number of benzene rings is 1. The van der Waals surface area contributed by atoms with Gasteiger partial charge in [0, 0.05) is 11.1 Å². The number of hydrogen-bond acceptors (Lipinski definition) is 4. The molecular formula is C16H21NO3. The van der Waals surface area contributed by atoms with E-state index >= 15 is 0 Å². The third-order valence-electron chi connectivity index (χ3n) is 3.15. The number of methoxy groups -OCH3 is 2. The van der Waals surface area contributed by atoms with Crippen molar-refractivity contribution in [2.75, 3.05) is 20.8 Å². The first kappa shape index (κ1) is 14.5. The number of nitrogens with one attached hydrogen (secondary N) is 1. The van der Waals surface area contributed by atoms with E-state index in [1.54, 1.807) is 20.5 Å². The molecule has 0 saturated carbocycles. The average molecular weight is 275 g/mol. The molecule has 1 N–H and O–H groups in total. The smallest absolute Gasteiger partial charge is 0.168 e. The molecule has 0 unspecified atom stereocenters. The van der Waals surface area contributed by atoms with Crippen LogP contribution < -0.4 is 14.8 Å². The molecule has 1 aromatic carbocycles. The minimum atomic E-state index is 0.705. The van der Waals surface area contributed by atoms with Gasteiger partial charge in [-0.05, 0) is 25.1 Å². The quantitative estimate of drug-likeness (QED) is 0.786. The van der Waals surface area contributed by atoms with Gasteiger partial charge in [-0.2, -0.15) is 0 Å². The van der Waals surface area contributed by atoms with Crippen molar-refractivity contribution >= 4 is 0 Å². The van der Waals surface area contributed by atoms with Gasteiger partial charge < -0.3 is 19.2 Å². The molecule has 2 rings (SSSR count). The van der Waals surface area contributed by atoms with E-state index in [4.69, 9.17) is 13.9 Å². The lowest BCUT2D eigenvalue weighted by molar-refractivity contribution is 0.356. The lowest BCUT2D eigenvalue weighted by Crippen LogP contribution is -2.13. The highest BCUT2D eigenvalue weighted by Gasteiger charge is 2.16. The average Bonchev–Trinajstić information content (AvgIpc) is 2.94. The number of para-hydroxylation sites is 1. The maximum atomic E-state index is 5.58. The largest absolute Gasteiger partial charge is 0.493 e. The van der Waals surface area contributed by atoms with Crippen molar-refractivity contribution in [2.24, 2.45) is 0 Å². The molecule has 0 amide bonds. The van der Waals surface area contributed by atoms with Crippen molar-refractivity contribution in [3.05, 3.63) is 36.3 Å². The molecule has 108 valence electrons. The third kappa shape index (κ3) is 2.96. The van der Waals surface area contributed by atoms with Gasteiger partial charge in [0.15, 0.2) is 11.5 Å². The zero-order chi connectivity index (χ0) is 14.4. The molecule has 20 heavy (non-hydrogen) atoms. The molecule has 0 radical (unpaired) electrons. The molecule has 0 aliphatic heterocycles. The van der Waals surface area contributed by atoms with E-state index in [9.17, 15) is 0 Å². The molecule has 1 aromatic heterocycles. The zero-order valence-electron chi connectivity index (χ0n) is 12.2. The fourth-order valence-electron chi connectivity index (χ4n) is 2.20. The predicted octanol–water partition coefficient (Wildman–Crippen LogP) is 3.46. The second kappa shape index (κ2) is 7.01. The minimum Gasteiger partial charge on any atom is -0.493 e. The topological polar surface area (TPSA) is 43.6 Å². The van der Waals surface area contributed by atoms with Crippen molar-refractivity contribution in [3.8, 4) is 22.6 Å². The molecule has 0 aliphatic carbocycles. The van der Waals surface area contributed by atoms with Gasteiger partial charge >= 0.3 is 0 Å². The predicted molar refractivity (Wildman–Crippen MR) is 79.2 cm³/mol. The summed E-state index contributed by atoms with van der Waals surface area (Å²) in [6.45, 7) is 3.81. The molecule has 0 saturated heterocycles. The summed E-state index contributed by atoms with van der Waals surface area (Å²) in [6.07, 6.45) is 2.80. The Morgan fingerprint density at radius 3 is 2.65 bits per heavy atom. The van der Waals surface area contributed by atoms with Crippen molar-refractivity contribution < 1.29 is 13.9 Å². The summed E-state index contributed by atoms with van der Waals surface area (Å²) in [5.74, 6) is 2.36. The van der Waals surface area contributed by atoms with E-state index in [0.717, 1.165) is 41.4 Å². The van der Waals surface area contributed by atoms with Crippen molar-refractivity contribution in [3.63, 3.8) is 0 Å². The van der Waals surface area contributed by atoms with E-state index in [2.05, 4.69) is 12.2 Å². The minimum absolute atomic E-state index is 0.705. The van der Waals surface area contributed by atoms with Gasteiger partial charge in [0.05, 0.1) is 27.0 Å². The van der Waals surface area contributed by atoms with Gasteiger partial charge in [-0.3, -0.25) is 0 Å². The van der Waals surface area contributed by atoms with Crippen molar-refractivity contribution in [2.45, 2.75) is 19.9 Å². The van der Waals surface area contributed by atoms with Crippen LogP contribution in [0.25, 0.3) is 11.1 Å². The lowest BCUT2D eigenvalue weighted by atomic mass is 10.0. The second-order valence-corrected chi connectivity index (χ2v) is 4.48. The van der Waals surface area contributed by atoms with E-state index in [0.29, 0.717) is 6.54 Å². The molecule has 0 atom stereocenters. The van der Waals surface area contributed by atoms with Gasteiger partial charge in [0.2, 0.25) is 0 Å². The zero-order valence-corrected chi connectivity index (χ0v) is 12.2. The molecule has 0 spiro atoms. The Labute approximate surface area is 119 Å². The first-order valence-electron chi connectivity index (χ1n) is 6.80. The Bertz CT molecular complexity index is 548. The second-order valence-electron chi connectivity index (χ2n) is 4.48. The van der Waals surface area contributed by atoms with Gasteiger partial charge in [0.1, 0.15) is 5.76 Å². The lowest BCUT2D eigenvalue weighted by Gasteiger charge is -2.12. The van der Waals surface area contributed by atoms with Gasteiger partial charge in [0.25, 0.3) is 0 Å². The fourth-order valence-corrected chi connectivity index (χ4v) is 2.20. The number of ether oxygens (including phenoxy) is 2. The highest BCUT2D eigenvalue weighted by atomic mass is 16.5. The highest BCUT2D eigenvalue weighted by Crippen LogP contribution is 2.39. The third-order valence-corrected chi connectivity index (χ3v) is 3.15. The molecule has 2 aromatic rings. The summed E-state index contributed by atoms with van der Waals surface area (Å²) in [4.78, 5) is 0. The van der Waals surface area contributed by atoms with Gasteiger partial charge in [-0.25, -0.2) is 0 Å². The molecule has 4 heteroatoms. The Hall–Kier alpha value is -1.94. The fraction of sp³-hybridized carbons (Fsp3) is 0.375. The monoisotopic (exact) mass is 275 g/mol. The highest BCUT2D eigenvalue weighted by molar-refractivity contribution is 5.75. The van der Waals surface area contributed by atoms with E-state index in [1.165, 1.54) is 0 Å². The van der Waals surface area contributed by atoms with Crippen LogP contribution in [0.4, 0.5) is 0 Å². The van der Waals surface area contributed by atoms with E-state index < -0.39 is 0 Å². The molecule has 0 bridgehead atoms. The molecule has 0 fully saturated rings. The summed E-state index contributed by atoms with van der Waals surface area (Å²) < 4.78 is 16.4. The van der Waals surface area contributed by atoms with Crippen LogP contribution >= 0.6 is 0 Å². The summed E-state index contributed by atoms with van der Waals surface area (Å²) in [6, 6.07) is 7.81. The van der Waals surface area contributed by atoms with Crippen LogP contribution in [0, 0.1) is 0 Å². The number of furan rings is 1. The van der Waals surface area contributed by atoms with E-state index in [1.807, 2.05) is 24.3 Å². The van der Waals surface area contributed by atoms with Crippen molar-refractivity contribution in [1.29, 1.82) is 0 Å². The van der Waals surface area contributed by atoms with Crippen LogP contribution in [-0.2, 0) is 6.54 Å². The van der Waals surface area contributed by atoms with Crippen LogP contribution in [0.15, 0.2) is 34.9 Å². The first-order chi connectivity index (χ1) is 9.81. The summed E-state index contributed by atoms with van der Waals surface area (Å²) >= 11 is 0. The molecular weight excluding hydrogens is 254 g/mol. The first-order valence-corrected chi connectivity index (χ1v) is 6.80. The van der Waals surface area contributed by atoms with Crippen LogP contribution in [0.2, 0.25) is 0 Å². The normalized spacial score (nSPS) is 10.6. The van der Waals surface area contributed by atoms with Gasteiger partial charge in [-0.15, -0.1) is 0 Å². The Morgan fingerprint density at radius 2 is 1.95 bits per heavy atom. The standard InChI is InChI=1S/C16H21NO3/c1-4-9-17-11-15-12(8-10-20-15)13-6-5-7-14(18-2)16(13)19-3/h5-8,10,17H,4,9,11H2,1-3H3. The SMILES string of the molecule is CCCNCc1occc1-c1cccc(OC)c1OC. The maximum Gasteiger partial charge on any atom is 0.168 e.